The molecule has 0 bridgehead atoms. The molecule has 0 saturated heterocycles. The van der Waals surface area contributed by atoms with Crippen LogP contribution in [0.4, 0.5) is 14.5 Å². The molecule has 0 aliphatic heterocycles. The zero-order valence-electron chi connectivity index (χ0n) is 9.30. The maximum Gasteiger partial charge on any atom is 0.190 e. The Labute approximate surface area is 98.6 Å². The van der Waals surface area contributed by atoms with Crippen LogP contribution in [0.3, 0.4) is 0 Å². The molecule has 0 aliphatic rings. The molecule has 90 valence electrons. The molecule has 0 amide bonds. The number of nitrogens with two attached hydrogens (primary N) is 1. The Kier molecular flexibility index (Phi) is 6.32. The fourth-order valence-corrected chi connectivity index (χ4v) is 1.09. The highest BCUT2D eigenvalue weighted by molar-refractivity contribution is 7.80. The van der Waals surface area contributed by atoms with Crippen molar-refractivity contribution in [3.05, 3.63) is 23.8 Å². The summed E-state index contributed by atoms with van der Waals surface area (Å²) >= 11 is 4.52. The predicted octanol–water partition coefficient (Wildman–Crippen LogP) is 2.66. The number of anilines is 1. The second-order valence-corrected chi connectivity index (χ2v) is 2.90. The number of halogens is 2. The summed E-state index contributed by atoms with van der Waals surface area (Å²) in [5.74, 6) is -2.06. The van der Waals surface area contributed by atoms with Gasteiger partial charge in [-0.3, -0.25) is 0 Å². The highest BCUT2D eigenvalue weighted by atomic mass is 32.1. The molecule has 3 N–H and O–H groups in total. The normalized spacial score (nSPS) is 8.81. The molecule has 1 rings (SSSR count). The average Bonchev–Trinajstić information content (AvgIpc) is 2.19. The fraction of sp³-hybridized carbons (Fsp3) is 0.300. The van der Waals surface area contributed by atoms with Crippen LogP contribution in [0.25, 0.3) is 0 Å². The Morgan fingerprint density at radius 1 is 1.31 bits per heavy atom. The first-order valence-corrected chi connectivity index (χ1v) is 5.05. The summed E-state index contributed by atoms with van der Waals surface area (Å²) in [7, 11) is 1.18. The van der Waals surface area contributed by atoms with Gasteiger partial charge in [-0.25, -0.2) is 8.78 Å². The van der Waals surface area contributed by atoms with E-state index in [0.29, 0.717) is 0 Å². The monoisotopic (exact) mass is 248 g/mol. The minimum atomic E-state index is -0.814. The van der Waals surface area contributed by atoms with E-state index in [4.69, 9.17) is 5.73 Å². The Balaban J connectivity index is 0.00000106. The Hall–Kier alpha value is -1.43. The van der Waals surface area contributed by atoms with Gasteiger partial charge in [-0.15, -0.1) is 0 Å². The van der Waals surface area contributed by atoms with Crippen molar-refractivity contribution in [1.82, 2.24) is 0 Å². The van der Waals surface area contributed by atoms with Crippen molar-refractivity contribution in [2.45, 2.75) is 13.8 Å². The molecule has 1 aromatic rings. The van der Waals surface area contributed by atoms with Crippen LogP contribution in [0.15, 0.2) is 12.1 Å². The summed E-state index contributed by atoms with van der Waals surface area (Å²) in [5, 5.41) is 2.35. The number of hydrogen-bond acceptors (Lipinski definition) is 2. The molecule has 16 heavy (non-hydrogen) atoms. The van der Waals surface area contributed by atoms with E-state index in [1.165, 1.54) is 7.11 Å². The van der Waals surface area contributed by atoms with Gasteiger partial charge in [0.15, 0.2) is 22.5 Å². The van der Waals surface area contributed by atoms with Crippen LogP contribution in [-0.2, 0) is 0 Å². The lowest BCUT2D eigenvalue weighted by Crippen LogP contribution is -2.19. The number of rotatable bonds is 2. The Bertz CT molecular complexity index is 349. The van der Waals surface area contributed by atoms with E-state index in [1.54, 1.807) is 0 Å². The van der Waals surface area contributed by atoms with Crippen LogP contribution in [0.1, 0.15) is 13.8 Å². The van der Waals surface area contributed by atoms with Gasteiger partial charge in [0.25, 0.3) is 0 Å². The standard InChI is InChI=1S/C8H8F2N2OS.C2H6/c1-13-7-5(9)2-4(3-6(7)10)12-8(11)14;1-2/h2-3H,1H3,(H3,11,12,14);1-2H3. The minimum absolute atomic E-state index is 0.0611. The zero-order chi connectivity index (χ0) is 12.7. The first-order chi connectivity index (χ1) is 7.54. The van der Waals surface area contributed by atoms with Gasteiger partial charge in [0, 0.05) is 17.8 Å². The number of thiocarbonyl (C=S) groups is 1. The van der Waals surface area contributed by atoms with E-state index in [1.807, 2.05) is 13.8 Å². The number of ether oxygens (including phenoxy) is 1. The van der Waals surface area contributed by atoms with E-state index in [2.05, 4.69) is 22.3 Å². The van der Waals surface area contributed by atoms with Crippen molar-refractivity contribution < 1.29 is 13.5 Å². The lowest BCUT2D eigenvalue weighted by molar-refractivity contribution is 0.360. The van der Waals surface area contributed by atoms with Crippen molar-refractivity contribution in [1.29, 1.82) is 0 Å². The lowest BCUT2D eigenvalue weighted by atomic mass is 10.2. The fourth-order valence-electron chi connectivity index (χ4n) is 0.969. The summed E-state index contributed by atoms with van der Waals surface area (Å²) in [6.07, 6.45) is 0. The van der Waals surface area contributed by atoms with Gasteiger partial charge >= 0.3 is 0 Å². The van der Waals surface area contributed by atoms with Crippen LogP contribution in [0.2, 0.25) is 0 Å². The van der Waals surface area contributed by atoms with Crippen LogP contribution >= 0.6 is 12.2 Å². The third-order valence-electron chi connectivity index (χ3n) is 1.47. The van der Waals surface area contributed by atoms with Gasteiger partial charge < -0.3 is 15.8 Å². The molecule has 6 heteroatoms. The molecule has 0 fully saturated rings. The molecule has 0 aliphatic carbocycles. The van der Waals surface area contributed by atoms with Crippen molar-refractivity contribution in [2.24, 2.45) is 5.73 Å². The van der Waals surface area contributed by atoms with E-state index in [0.717, 1.165) is 12.1 Å². The van der Waals surface area contributed by atoms with Crippen LogP contribution < -0.4 is 15.8 Å². The first-order valence-electron chi connectivity index (χ1n) is 4.64. The van der Waals surface area contributed by atoms with Gasteiger partial charge in [-0.1, -0.05) is 13.8 Å². The summed E-state index contributed by atoms with van der Waals surface area (Å²) in [4.78, 5) is 0. The van der Waals surface area contributed by atoms with E-state index >= 15 is 0 Å². The highest BCUT2D eigenvalue weighted by Gasteiger charge is 2.11. The second-order valence-electron chi connectivity index (χ2n) is 2.46. The predicted molar refractivity (Wildman–Crippen MR) is 64.7 cm³/mol. The molecular formula is C10H14F2N2OS. The van der Waals surface area contributed by atoms with Crippen molar-refractivity contribution >= 4 is 23.0 Å². The van der Waals surface area contributed by atoms with E-state index < -0.39 is 17.4 Å². The van der Waals surface area contributed by atoms with Crippen molar-refractivity contribution in [3.63, 3.8) is 0 Å². The largest absolute Gasteiger partial charge is 0.491 e. The average molecular weight is 248 g/mol. The SMILES string of the molecule is CC.COc1c(F)cc(NC(N)=S)cc1F. The molecule has 0 heterocycles. The van der Waals surface area contributed by atoms with Gasteiger partial charge in [-0.2, -0.15) is 0 Å². The summed E-state index contributed by atoms with van der Waals surface area (Å²) in [5.41, 5.74) is 5.29. The molecule has 0 radical (unpaired) electrons. The van der Waals surface area contributed by atoms with Crippen LogP contribution in [0.5, 0.6) is 5.75 Å². The quantitative estimate of drug-likeness (QED) is 0.790. The number of hydrogen-bond donors (Lipinski definition) is 2. The number of methoxy groups -OCH3 is 1. The van der Waals surface area contributed by atoms with E-state index in [-0.39, 0.29) is 10.8 Å². The Morgan fingerprint density at radius 3 is 2.06 bits per heavy atom. The van der Waals surface area contributed by atoms with Gasteiger partial charge in [0.1, 0.15) is 0 Å². The summed E-state index contributed by atoms with van der Waals surface area (Å²) in [6.45, 7) is 4.00. The summed E-state index contributed by atoms with van der Waals surface area (Å²) < 4.78 is 30.6. The third kappa shape index (κ3) is 3.98. The topological polar surface area (TPSA) is 47.3 Å². The maximum absolute atomic E-state index is 13.1. The second kappa shape index (κ2) is 6.95. The van der Waals surface area contributed by atoms with E-state index in [9.17, 15) is 8.78 Å². The zero-order valence-corrected chi connectivity index (χ0v) is 10.1. The number of nitrogens with one attached hydrogen (secondary N) is 1. The minimum Gasteiger partial charge on any atom is -0.491 e. The molecule has 0 spiro atoms. The van der Waals surface area contributed by atoms with Crippen LogP contribution in [-0.4, -0.2) is 12.2 Å². The smallest absolute Gasteiger partial charge is 0.190 e. The molecule has 1 aromatic carbocycles. The Morgan fingerprint density at radius 2 is 1.75 bits per heavy atom. The number of benzene rings is 1. The van der Waals surface area contributed by atoms with Gasteiger partial charge in [0.05, 0.1) is 7.11 Å². The molecule has 0 aromatic heterocycles. The molecule has 0 saturated carbocycles. The lowest BCUT2D eigenvalue weighted by Gasteiger charge is -2.07. The third-order valence-corrected chi connectivity index (χ3v) is 1.57. The highest BCUT2D eigenvalue weighted by Crippen LogP contribution is 2.24. The summed E-state index contributed by atoms with van der Waals surface area (Å²) in [6, 6.07) is 2.09. The van der Waals surface area contributed by atoms with Gasteiger partial charge in [0.2, 0.25) is 0 Å². The van der Waals surface area contributed by atoms with Crippen LogP contribution in [0, 0.1) is 11.6 Å². The van der Waals surface area contributed by atoms with Gasteiger partial charge in [-0.05, 0) is 12.2 Å². The molecule has 0 atom stereocenters. The van der Waals surface area contributed by atoms with Crippen molar-refractivity contribution in [3.8, 4) is 5.75 Å². The molecule has 0 unspecified atom stereocenters. The maximum atomic E-state index is 13.1. The first kappa shape index (κ1) is 14.6. The van der Waals surface area contributed by atoms with Crippen molar-refractivity contribution in [2.75, 3.05) is 12.4 Å². The molecule has 3 nitrogen and oxygen atoms in total. The molecular weight excluding hydrogens is 234 g/mol.